The Hall–Kier alpha value is -0.330. The van der Waals surface area contributed by atoms with Gasteiger partial charge in [0.15, 0.2) is 0 Å². The minimum absolute atomic E-state index is 0.226. The number of aryl methyl sites for hydroxylation is 1. The highest BCUT2D eigenvalue weighted by Gasteiger charge is 2.23. The van der Waals surface area contributed by atoms with Gasteiger partial charge in [0.1, 0.15) is 11.8 Å². The third-order valence-corrected chi connectivity index (χ3v) is 4.70. The van der Waals surface area contributed by atoms with E-state index in [0.29, 0.717) is 0 Å². The first-order chi connectivity index (χ1) is 7.65. The minimum Gasteiger partial charge on any atom is -0.466 e. The highest BCUT2D eigenvalue weighted by atomic mass is 79.9. The molecule has 2 rings (SSSR count). The average Bonchev–Trinajstić information content (AvgIpc) is 2.81. The number of hydrogen-bond donors (Lipinski definition) is 2. The summed E-state index contributed by atoms with van der Waals surface area (Å²) in [7, 11) is 0. The molecule has 0 amide bonds. The molecule has 0 saturated heterocycles. The molecule has 0 saturated carbocycles. The summed E-state index contributed by atoms with van der Waals surface area (Å²) in [5, 5.41) is 2.73. The van der Waals surface area contributed by atoms with Crippen LogP contribution in [0, 0.1) is 6.92 Å². The van der Waals surface area contributed by atoms with E-state index in [1.807, 2.05) is 18.4 Å². The van der Waals surface area contributed by atoms with E-state index in [-0.39, 0.29) is 6.04 Å². The minimum atomic E-state index is -0.226. The van der Waals surface area contributed by atoms with Crippen molar-refractivity contribution in [2.24, 2.45) is 5.84 Å². The summed E-state index contributed by atoms with van der Waals surface area (Å²) in [6.07, 6.45) is 1.61. The molecule has 1 unspecified atom stereocenters. The molecular formula is C10H10BrClN2OS. The van der Waals surface area contributed by atoms with E-state index in [2.05, 4.69) is 21.4 Å². The SMILES string of the molecule is Cc1csc(C(NN)c2occc2Br)c1Cl. The summed E-state index contributed by atoms with van der Waals surface area (Å²) >= 11 is 11.2. The van der Waals surface area contributed by atoms with Gasteiger partial charge in [0.05, 0.1) is 15.8 Å². The molecular weight excluding hydrogens is 312 g/mol. The van der Waals surface area contributed by atoms with Crippen LogP contribution in [0.1, 0.15) is 22.2 Å². The zero-order valence-corrected chi connectivity index (χ0v) is 11.6. The van der Waals surface area contributed by atoms with Crippen molar-refractivity contribution in [3.63, 3.8) is 0 Å². The number of nitrogens with two attached hydrogens (primary N) is 1. The number of hydrogen-bond acceptors (Lipinski definition) is 4. The summed E-state index contributed by atoms with van der Waals surface area (Å²) in [6, 6.07) is 1.60. The Morgan fingerprint density at radius 3 is 2.81 bits per heavy atom. The van der Waals surface area contributed by atoms with E-state index in [1.54, 1.807) is 17.6 Å². The molecule has 1 atom stereocenters. The van der Waals surface area contributed by atoms with Crippen LogP contribution in [0.2, 0.25) is 5.02 Å². The maximum Gasteiger partial charge on any atom is 0.141 e. The lowest BCUT2D eigenvalue weighted by Crippen LogP contribution is -2.28. The van der Waals surface area contributed by atoms with E-state index in [4.69, 9.17) is 21.9 Å². The van der Waals surface area contributed by atoms with Crippen LogP contribution in [0.25, 0.3) is 0 Å². The first-order valence-corrected chi connectivity index (χ1v) is 6.62. The van der Waals surface area contributed by atoms with Crippen LogP contribution in [0.15, 0.2) is 26.6 Å². The smallest absolute Gasteiger partial charge is 0.141 e. The van der Waals surface area contributed by atoms with Gasteiger partial charge < -0.3 is 4.42 Å². The molecule has 0 radical (unpaired) electrons. The van der Waals surface area contributed by atoms with Gasteiger partial charge in [-0.25, -0.2) is 5.43 Å². The van der Waals surface area contributed by atoms with Gasteiger partial charge in [0.25, 0.3) is 0 Å². The Kier molecular flexibility index (Phi) is 3.71. The summed E-state index contributed by atoms with van der Waals surface area (Å²) in [4.78, 5) is 0.956. The number of halogens is 2. The molecule has 0 aliphatic heterocycles. The fourth-order valence-electron chi connectivity index (χ4n) is 1.43. The number of thiophene rings is 1. The lowest BCUT2D eigenvalue weighted by Gasteiger charge is -2.13. The Morgan fingerprint density at radius 2 is 2.38 bits per heavy atom. The topological polar surface area (TPSA) is 51.2 Å². The van der Waals surface area contributed by atoms with Crippen molar-refractivity contribution in [3.8, 4) is 0 Å². The van der Waals surface area contributed by atoms with Crippen LogP contribution >= 0.6 is 38.9 Å². The van der Waals surface area contributed by atoms with Gasteiger partial charge >= 0.3 is 0 Å². The van der Waals surface area contributed by atoms with E-state index < -0.39 is 0 Å². The number of hydrazine groups is 1. The van der Waals surface area contributed by atoms with Gasteiger partial charge in [0, 0.05) is 4.88 Å². The quantitative estimate of drug-likeness (QED) is 0.670. The van der Waals surface area contributed by atoms with Crippen LogP contribution in [0.3, 0.4) is 0 Å². The highest BCUT2D eigenvalue weighted by Crippen LogP contribution is 2.37. The van der Waals surface area contributed by atoms with Gasteiger partial charge in [-0.2, -0.15) is 0 Å². The van der Waals surface area contributed by atoms with E-state index >= 15 is 0 Å². The van der Waals surface area contributed by atoms with Crippen LogP contribution in [0.4, 0.5) is 0 Å². The third-order valence-electron chi connectivity index (χ3n) is 2.26. The van der Waals surface area contributed by atoms with Crippen molar-refractivity contribution in [2.45, 2.75) is 13.0 Å². The predicted octanol–water partition coefficient (Wildman–Crippen LogP) is 3.62. The van der Waals surface area contributed by atoms with Crippen molar-refractivity contribution in [1.29, 1.82) is 0 Å². The van der Waals surface area contributed by atoms with Crippen molar-refractivity contribution >= 4 is 38.9 Å². The maximum absolute atomic E-state index is 6.21. The summed E-state index contributed by atoms with van der Waals surface area (Å²) in [5.74, 6) is 6.29. The summed E-state index contributed by atoms with van der Waals surface area (Å²) in [5.41, 5.74) is 3.76. The first-order valence-electron chi connectivity index (χ1n) is 4.57. The second kappa shape index (κ2) is 4.89. The molecule has 0 aliphatic rings. The lowest BCUT2D eigenvalue weighted by atomic mass is 10.2. The van der Waals surface area contributed by atoms with Crippen LogP contribution in [-0.4, -0.2) is 0 Å². The highest BCUT2D eigenvalue weighted by molar-refractivity contribution is 9.10. The molecule has 0 spiro atoms. The van der Waals surface area contributed by atoms with E-state index in [0.717, 1.165) is 25.7 Å². The number of nitrogens with one attached hydrogen (secondary N) is 1. The van der Waals surface area contributed by atoms with Crippen LogP contribution in [-0.2, 0) is 0 Å². The van der Waals surface area contributed by atoms with Gasteiger partial charge in [-0.15, -0.1) is 11.3 Å². The molecule has 0 bridgehead atoms. The first kappa shape index (κ1) is 12.1. The van der Waals surface area contributed by atoms with Gasteiger partial charge in [-0.05, 0) is 39.9 Å². The van der Waals surface area contributed by atoms with Crippen molar-refractivity contribution in [2.75, 3.05) is 0 Å². The fraction of sp³-hybridized carbons (Fsp3) is 0.200. The zero-order chi connectivity index (χ0) is 11.7. The predicted molar refractivity (Wildman–Crippen MR) is 69.6 cm³/mol. The Balaban J connectivity index is 2.45. The van der Waals surface area contributed by atoms with Crippen LogP contribution < -0.4 is 11.3 Å². The Morgan fingerprint density at radius 1 is 1.62 bits per heavy atom. The maximum atomic E-state index is 6.21. The molecule has 3 N–H and O–H groups in total. The summed E-state index contributed by atoms with van der Waals surface area (Å²) in [6.45, 7) is 1.97. The van der Waals surface area contributed by atoms with Gasteiger partial charge in [-0.1, -0.05) is 11.6 Å². The van der Waals surface area contributed by atoms with E-state index in [9.17, 15) is 0 Å². The Labute approximate surface area is 111 Å². The Bertz CT molecular complexity index is 497. The largest absolute Gasteiger partial charge is 0.466 e. The normalized spacial score (nSPS) is 13.0. The fourth-order valence-corrected chi connectivity index (χ4v) is 3.22. The summed E-state index contributed by atoms with van der Waals surface area (Å²) < 4.78 is 6.27. The monoisotopic (exact) mass is 320 g/mol. The third kappa shape index (κ3) is 2.06. The van der Waals surface area contributed by atoms with Crippen molar-refractivity contribution < 1.29 is 4.42 Å². The second-order valence-electron chi connectivity index (χ2n) is 3.33. The molecule has 2 aromatic rings. The molecule has 0 aromatic carbocycles. The standard InChI is InChI=1S/C10H10BrClN2OS/c1-5-4-16-10(7(5)12)8(14-13)9-6(11)2-3-15-9/h2-4,8,14H,13H2,1H3. The van der Waals surface area contributed by atoms with Gasteiger partial charge in [0.2, 0.25) is 0 Å². The lowest BCUT2D eigenvalue weighted by molar-refractivity contribution is 0.453. The zero-order valence-electron chi connectivity index (χ0n) is 8.46. The molecule has 3 nitrogen and oxygen atoms in total. The molecule has 86 valence electrons. The average molecular weight is 322 g/mol. The molecule has 6 heteroatoms. The number of furan rings is 1. The van der Waals surface area contributed by atoms with Crippen molar-refractivity contribution in [1.82, 2.24) is 5.43 Å². The van der Waals surface area contributed by atoms with Crippen molar-refractivity contribution in [3.05, 3.63) is 43.4 Å². The molecule has 0 fully saturated rings. The van der Waals surface area contributed by atoms with E-state index in [1.165, 1.54) is 0 Å². The van der Waals surface area contributed by atoms with Gasteiger partial charge in [-0.3, -0.25) is 5.84 Å². The van der Waals surface area contributed by atoms with Crippen LogP contribution in [0.5, 0.6) is 0 Å². The number of rotatable bonds is 3. The second-order valence-corrected chi connectivity index (χ2v) is 5.47. The molecule has 2 heterocycles. The molecule has 0 aliphatic carbocycles. The molecule has 16 heavy (non-hydrogen) atoms. The molecule has 2 aromatic heterocycles.